The van der Waals surface area contributed by atoms with E-state index in [2.05, 4.69) is 15.9 Å². The van der Waals surface area contributed by atoms with Gasteiger partial charge in [0.05, 0.1) is 21.9 Å². The van der Waals surface area contributed by atoms with Crippen LogP contribution < -0.4 is 0 Å². The van der Waals surface area contributed by atoms with Crippen LogP contribution in [0, 0.1) is 0 Å². The van der Waals surface area contributed by atoms with Crippen LogP contribution in [-0.4, -0.2) is 13.2 Å². The van der Waals surface area contributed by atoms with E-state index >= 15 is 0 Å². The van der Waals surface area contributed by atoms with Crippen LogP contribution in [0.15, 0.2) is 15.9 Å². The molecule has 1 aromatic heterocycles. The third-order valence-electron chi connectivity index (χ3n) is 1.45. The van der Waals surface area contributed by atoms with Crippen LogP contribution in [0.25, 0.3) is 0 Å². The molecule has 0 spiro atoms. The highest BCUT2D eigenvalue weighted by molar-refractivity contribution is 9.11. The van der Waals surface area contributed by atoms with E-state index in [9.17, 15) is 0 Å². The van der Waals surface area contributed by atoms with Crippen molar-refractivity contribution in [1.29, 1.82) is 0 Å². The summed E-state index contributed by atoms with van der Waals surface area (Å²) in [7, 11) is 0. The Labute approximate surface area is 77.3 Å². The number of hydrogen-bond acceptors (Lipinski definition) is 3. The van der Waals surface area contributed by atoms with Gasteiger partial charge in [0.25, 0.3) is 0 Å². The molecule has 2 heterocycles. The molecule has 1 aliphatic heterocycles. The lowest BCUT2D eigenvalue weighted by molar-refractivity contribution is -0.0413. The Morgan fingerprint density at radius 3 is 2.64 bits per heavy atom. The van der Waals surface area contributed by atoms with Gasteiger partial charge in [0.1, 0.15) is 0 Å². The zero-order valence-corrected chi connectivity index (χ0v) is 8.15. The molecule has 2 rings (SSSR count). The highest BCUT2D eigenvalue weighted by atomic mass is 79.9. The van der Waals surface area contributed by atoms with Gasteiger partial charge in [-0.1, -0.05) is 0 Å². The van der Waals surface area contributed by atoms with Gasteiger partial charge in [-0.3, -0.25) is 0 Å². The number of ether oxygens (including phenoxy) is 2. The molecule has 4 heteroatoms. The van der Waals surface area contributed by atoms with Gasteiger partial charge in [-0.15, -0.1) is 11.3 Å². The molecule has 1 fully saturated rings. The zero-order valence-electron chi connectivity index (χ0n) is 5.75. The highest BCUT2D eigenvalue weighted by Crippen LogP contribution is 2.31. The van der Waals surface area contributed by atoms with Gasteiger partial charge in [-0.25, -0.2) is 0 Å². The predicted octanol–water partition coefficient (Wildman–Crippen LogP) is 2.56. The Bertz CT molecular complexity index is 242. The summed E-state index contributed by atoms with van der Waals surface area (Å²) >= 11 is 5.04. The third-order valence-corrected chi connectivity index (χ3v) is 3.09. The second-order valence-electron chi connectivity index (χ2n) is 2.22. The van der Waals surface area contributed by atoms with Crippen molar-refractivity contribution < 1.29 is 9.47 Å². The molecular weight excluding hydrogens is 228 g/mol. The first kappa shape index (κ1) is 7.73. The molecule has 0 atom stereocenters. The molecule has 0 radical (unpaired) electrons. The first-order valence-electron chi connectivity index (χ1n) is 3.35. The molecule has 0 aliphatic carbocycles. The van der Waals surface area contributed by atoms with Crippen molar-refractivity contribution >= 4 is 27.3 Å². The molecule has 0 aromatic carbocycles. The van der Waals surface area contributed by atoms with E-state index in [1.807, 2.05) is 12.1 Å². The minimum atomic E-state index is -0.119. The van der Waals surface area contributed by atoms with E-state index in [1.54, 1.807) is 11.3 Å². The molecule has 0 unspecified atom stereocenters. The van der Waals surface area contributed by atoms with E-state index in [-0.39, 0.29) is 6.29 Å². The number of thiophene rings is 1. The van der Waals surface area contributed by atoms with Gasteiger partial charge in [0, 0.05) is 0 Å². The van der Waals surface area contributed by atoms with Gasteiger partial charge in [-0.05, 0) is 28.1 Å². The lowest BCUT2D eigenvalue weighted by Gasteiger charge is -2.03. The lowest BCUT2D eigenvalue weighted by atomic mass is 10.5. The van der Waals surface area contributed by atoms with Crippen LogP contribution in [-0.2, 0) is 9.47 Å². The average molecular weight is 235 g/mol. The summed E-state index contributed by atoms with van der Waals surface area (Å²) in [5.41, 5.74) is 0. The second-order valence-corrected chi connectivity index (χ2v) is 4.71. The molecule has 2 nitrogen and oxygen atoms in total. The number of hydrogen-bond donors (Lipinski definition) is 0. The Morgan fingerprint density at radius 1 is 1.36 bits per heavy atom. The average Bonchev–Trinajstić information content (AvgIpc) is 2.55. The van der Waals surface area contributed by atoms with Gasteiger partial charge in [0.2, 0.25) is 0 Å². The van der Waals surface area contributed by atoms with Crippen molar-refractivity contribution in [2.45, 2.75) is 6.29 Å². The quantitative estimate of drug-likeness (QED) is 0.744. The fraction of sp³-hybridized carbons (Fsp3) is 0.429. The SMILES string of the molecule is Brc1ccc(C2OCCO2)s1. The van der Waals surface area contributed by atoms with Crippen molar-refractivity contribution in [3.8, 4) is 0 Å². The molecule has 60 valence electrons. The fourth-order valence-electron chi connectivity index (χ4n) is 0.978. The molecule has 0 amide bonds. The van der Waals surface area contributed by atoms with E-state index in [0.717, 1.165) is 8.66 Å². The third kappa shape index (κ3) is 1.64. The lowest BCUT2D eigenvalue weighted by Crippen LogP contribution is -1.93. The van der Waals surface area contributed by atoms with Crippen molar-refractivity contribution in [3.05, 3.63) is 20.8 Å². The van der Waals surface area contributed by atoms with E-state index in [4.69, 9.17) is 9.47 Å². The van der Waals surface area contributed by atoms with Crippen LogP contribution in [0.3, 0.4) is 0 Å². The largest absolute Gasteiger partial charge is 0.345 e. The molecule has 0 bridgehead atoms. The maximum atomic E-state index is 5.32. The van der Waals surface area contributed by atoms with Crippen molar-refractivity contribution in [1.82, 2.24) is 0 Å². The van der Waals surface area contributed by atoms with Crippen molar-refractivity contribution in [3.63, 3.8) is 0 Å². The first-order chi connectivity index (χ1) is 5.36. The minimum absolute atomic E-state index is 0.119. The Kier molecular flexibility index (Phi) is 2.27. The minimum Gasteiger partial charge on any atom is -0.345 e. The topological polar surface area (TPSA) is 18.5 Å². The molecular formula is C7H7BrO2S. The highest BCUT2D eigenvalue weighted by Gasteiger charge is 2.19. The second kappa shape index (κ2) is 3.23. The molecule has 1 aromatic rings. The van der Waals surface area contributed by atoms with Crippen LogP contribution in [0.4, 0.5) is 0 Å². The summed E-state index contributed by atoms with van der Waals surface area (Å²) in [5, 5.41) is 0. The summed E-state index contributed by atoms with van der Waals surface area (Å²) in [5.74, 6) is 0. The van der Waals surface area contributed by atoms with Crippen LogP contribution in [0.5, 0.6) is 0 Å². The summed E-state index contributed by atoms with van der Waals surface area (Å²) in [6.07, 6.45) is -0.119. The Morgan fingerprint density at radius 2 is 2.09 bits per heavy atom. The Hall–Kier alpha value is 0.1000. The van der Waals surface area contributed by atoms with Gasteiger partial charge >= 0.3 is 0 Å². The smallest absolute Gasteiger partial charge is 0.193 e. The maximum Gasteiger partial charge on any atom is 0.193 e. The van der Waals surface area contributed by atoms with Crippen LogP contribution >= 0.6 is 27.3 Å². The summed E-state index contributed by atoms with van der Waals surface area (Å²) in [6.45, 7) is 1.42. The monoisotopic (exact) mass is 234 g/mol. The molecule has 1 saturated heterocycles. The van der Waals surface area contributed by atoms with E-state index in [1.165, 1.54) is 0 Å². The van der Waals surface area contributed by atoms with E-state index < -0.39 is 0 Å². The summed E-state index contributed by atoms with van der Waals surface area (Å²) < 4.78 is 11.8. The zero-order chi connectivity index (χ0) is 7.68. The normalized spacial score (nSPS) is 19.4. The Balaban J connectivity index is 2.15. The van der Waals surface area contributed by atoms with Crippen LogP contribution in [0.1, 0.15) is 11.2 Å². The number of rotatable bonds is 1. The summed E-state index contributed by atoms with van der Waals surface area (Å²) in [6, 6.07) is 4.02. The van der Waals surface area contributed by atoms with Gasteiger partial charge < -0.3 is 9.47 Å². The molecule has 0 saturated carbocycles. The standard InChI is InChI=1S/C7H7BrO2S/c8-6-2-1-5(11-6)7-9-3-4-10-7/h1-2,7H,3-4H2. The molecule has 0 N–H and O–H groups in total. The number of halogens is 1. The van der Waals surface area contributed by atoms with Crippen molar-refractivity contribution in [2.24, 2.45) is 0 Å². The van der Waals surface area contributed by atoms with Crippen molar-refractivity contribution in [2.75, 3.05) is 13.2 Å². The molecule has 11 heavy (non-hydrogen) atoms. The maximum absolute atomic E-state index is 5.32. The predicted molar refractivity (Wildman–Crippen MR) is 46.7 cm³/mol. The first-order valence-corrected chi connectivity index (χ1v) is 4.95. The molecule has 1 aliphatic rings. The fourth-order valence-corrected chi connectivity index (χ4v) is 2.40. The van der Waals surface area contributed by atoms with E-state index in [0.29, 0.717) is 13.2 Å². The summed E-state index contributed by atoms with van der Waals surface area (Å²) in [4.78, 5) is 1.13. The van der Waals surface area contributed by atoms with Gasteiger partial charge in [-0.2, -0.15) is 0 Å². The van der Waals surface area contributed by atoms with Crippen LogP contribution in [0.2, 0.25) is 0 Å². The van der Waals surface area contributed by atoms with Gasteiger partial charge in [0.15, 0.2) is 6.29 Å².